The van der Waals surface area contributed by atoms with E-state index in [1.54, 1.807) is 13.8 Å². The molecule has 0 aliphatic heterocycles. The standard InChI is InChI=1S/C17H31N7O7/c1-8(2)13(16(30)31)24-15(29)10(6-12(26)27)23-11(25)7-22-14(28)9(18)4-3-5-21-17(19)20/h8-10,13H,3-7,18H2,1-2H3,(H,22,28)(H,23,25)(H,24,29)(H,26,27)(H,30,31)(H4,19,20,21)/t9-,10+,13-/m0/s1. The van der Waals surface area contributed by atoms with Gasteiger partial charge in [0.25, 0.3) is 0 Å². The highest BCUT2D eigenvalue weighted by atomic mass is 16.4. The highest BCUT2D eigenvalue weighted by Crippen LogP contribution is 2.03. The van der Waals surface area contributed by atoms with Crippen LogP contribution in [0.25, 0.3) is 0 Å². The lowest BCUT2D eigenvalue weighted by Crippen LogP contribution is -2.55. The highest BCUT2D eigenvalue weighted by molar-refractivity contribution is 5.94. The van der Waals surface area contributed by atoms with Gasteiger partial charge in [-0.25, -0.2) is 4.79 Å². The van der Waals surface area contributed by atoms with Crippen molar-refractivity contribution in [3.8, 4) is 0 Å². The quantitative estimate of drug-likeness (QED) is 0.0749. The second-order valence-corrected chi connectivity index (χ2v) is 7.06. The van der Waals surface area contributed by atoms with Crippen molar-refractivity contribution in [2.45, 2.75) is 51.2 Å². The van der Waals surface area contributed by atoms with Crippen LogP contribution >= 0.6 is 0 Å². The summed E-state index contributed by atoms with van der Waals surface area (Å²) in [5.74, 6) is -5.70. The zero-order valence-electron chi connectivity index (χ0n) is 17.5. The van der Waals surface area contributed by atoms with E-state index in [2.05, 4.69) is 20.9 Å². The molecular weight excluding hydrogens is 414 g/mol. The zero-order chi connectivity index (χ0) is 24.1. The molecule has 3 amide bonds. The minimum Gasteiger partial charge on any atom is -0.481 e. The van der Waals surface area contributed by atoms with Gasteiger partial charge in [0.2, 0.25) is 17.7 Å². The molecule has 0 heterocycles. The minimum absolute atomic E-state index is 0.0854. The summed E-state index contributed by atoms with van der Waals surface area (Å²) in [6.45, 7) is 2.83. The molecule has 0 bridgehead atoms. The topological polar surface area (TPSA) is 252 Å². The van der Waals surface area contributed by atoms with Crippen molar-refractivity contribution in [3.63, 3.8) is 0 Å². The Balaban J connectivity index is 4.75. The molecule has 0 unspecified atom stereocenters. The van der Waals surface area contributed by atoms with E-state index < -0.39 is 66.7 Å². The number of rotatable bonds is 14. The number of carboxylic acids is 2. The van der Waals surface area contributed by atoms with Crippen molar-refractivity contribution in [1.82, 2.24) is 16.0 Å². The highest BCUT2D eigenvalue weighted by Gasteiger charge is 2.30. The molecule has 0 aliphatic carbocycles. The van der Waals surface area contributed by atoms with Crippen LogP contribution in [0.15, 0.2) is 4.99 Å². The number of nitrogens with zero attached hydrogens (tertiary/aromatic N) is 1. The number of hydrogen-bond donors (Lipinski definition) is 8. The normalized spacial score (nSPS) is 13.4. The largest absolute Gasteiger partial charge is 0.481 e. The smallest absolute Gasteiger partial charge is 0.326 e. The van der Waals surface area contributed by atoms with Crippen LogP contribution in [0.4, 0.5) is 0 Å². The first kappa shape index (κ1) is 27.6. The maximum Gasteiger partial charge on any atom is 0.326 e. The van der Waals surface area contributed by atoms with Crippen LogP contribution in [-0.2, 0) is 24.0 Å². The Labute approximate surface area is 179 Å². The van der Waals surface area contributed by atoms with E-state index >= 15 is 0 Å². The third kappa shape index (κ3) is 12.0. The van der Waals surface area contributed by atoms with Crippen LogP contribution in [0.2, 0.25) is 0 Å². The second-order valence-electron chi connectivity index (χ2n) is 7.06. The summed E-state index contributed by atoms with van der Waals surface area (Å²) in [7, 11) is 0. The molecule has 0 saturated heterocycles. The Morgan fingerprint density at radius 2 is 1.61 bits per heavy atom. The summed E-state index contributed by atoms with van der Waals surface area (Å²) in [4.78, 5) is 62.2. The number of carboxylic acid groups (broad SMARTS) is 2. The number of hydrogen-bond acceptors (Lipinski definition) is 7. The minimum atomic E-state index is -1.53. The van der Waals surface area contributed by atoms with E-state index in [0.717, 1.165) is 0 Å². The van der Waals surface area contributed by atoms with Crippen LogP contribution in [0.5, 0.6) is 0 Å². The summed E-state index contributed by atoms with van der Waals surface area (Å²) in [6, 6.07) is -3.73. The summed E-state index contributed by atoms with van der Waals surface area (Å²) in [5, 5.41) is 24.7. The number of guanidine groups is 1. The number of carbonyl (C=O) groups is 5. The molecule has 3 atom stereocenters. The molecule has 0 aromatic heterocycles. The maximum absolute atomic E-state index is 12.3. The molecule has 14 nitrogen and oxygen atoms in total. The average Bonchev–Trinajstić information content (AvgIpc) is 2.65. The molecule has 0 aliphatic rings. The molecule has 14 heteroatoms. The summed E-state index contributed by atoms with van der Waals surface area (Å²) < 4.78 is 0. The van der Waals surface area contributed by atoms with Gasteiger partial charge < -0.3 is 43.4 Å². The second kappa shape index (κ2) is 13.7. The van der Waals surface area contributed by atoms with Crippen LogP contribution in [-0.4, -0.2) is 77.0 Å². The van der Waals surface area contributed by atoms with Crippen molar-refractivity contribution in [1.29, 1.82) is 0 Å². The van der Waals surface area contributed by atoms with E-state index in [4.69, 9.17) is 27.4 Å². The van der Waals surface area contributed by atoms with E-state index in [1.807, 2.05) is 0 Å². The molecule has 0 aromatic rings. The molecule has 11 N–H and O–H groups in total. The van der Waals surface area contributed by atoms with Crippen molar-refractivity contribution in [3.05, 3.63) is 0 Å². The zero-order valence-corrected chi connectivity index (χ0v) is 17.5. The van der Waals surface area contributed by atoms with E-state index in [0.29, 0.717) is 6.42 Å². The Hall–Kier alpha value is -3.42. The summed E-state index contributed by atoms with van der Waals surface area (Å²) in [6.07, 6.45) is -0.0968. The SMILES string of the molecule is CC(C)[C@H](NC(=O)[C@@H](CC(=O)O)NC(=O)CNC(=O)[C@@H](N)CCCN=C(N)N)C(=O)O. The van der Waals surface area contributed by atoms with Crippen LogP contribution in [0.3, 0.4) is 0 Å². The van der Waals surface area contributed by atoms with Gasteiger partial charge >= 0.3 is 11.9 Å². The fourth-order valence-electron chi connectivity index (χ4n) is 2.35. The number of carbonyl (C=O) groups excluding carboxylic acids is 3. The third-order valence-electron chi connectivity index (χ3n) is 3.99. The number of aliphatic imine (C=N–C) groups is 1. The summed E-state index contributed by atoms with van der Waals surface area (Å²) >= 11 is 0. The fourth-order valence-corrected chi connectivity index (χ4v) is 2.35. The molecule has 176 valence electrons. The maximum atomic E-state index is 12.3. The Morgan fingerprint density at radius 1 is 1.00 bits per heavy atom. The van der Waals surface area contributed by atoms with Gasteiger partial charge in [-0.15, -0.1) is 0 Å². The molecular formula is C17H31N7O7. The van der Waals surface area contributed by atoms with E-state index in [9.17, 15) is 24.0 Å². The van der Waals surface area contributed by atoms with Crippen molar-refractivity contribution >= 4 is 35.6 Å². The first-order valence-electron chi connectivity index (χ1n) is 9.48. The van der Waals surface area contributed by atoms with Gasteiger partial charge in [-0.1, -0.05) is 13.8 Å². The fraction of sp³-hybridized carbons (Fsp3) is 0.647. The van der Waals surface area contributed by atoms with Crippen molar-refractivity contribution in [2.24, 2.45) is 28.1 Å². The Bertz CT molecular complexity index is 692. The van der Waals surface area contributed by atoms with E-state index in [1.165, 1.54) is 0 Å². The molecule has 0 saturated carbocycles. The number of amides is 3. The van der Waals surface area contributed by atoms with Crippen LogP contribution < -0.4 is 33.2 Å². The van der Waals surface area contributed by atoms with Gasteiger partial charge in [0.15, 0.2) is 5.96 Å². The van der Waals surface area contributed by atoms with Gasteiger partial charge in [0, 0.05) is 6.54 Å². The molecule has 0 rings (SSSR count). The van der Waals surface area contributed by atoms with E-state index in [-0.39, 0.29) is 18.9 Å². The van der Waals surface area contributed by atoms with Crippen LogP contribution in [0.1, 0.15) is 33.1 Å². The first-order chi connectivity index (χ1) is 14.3. The predicted octanol–water partition coefficient (Wildman–Crippen LogP) is -3.33. The third-order valence-corrected chi connectivity index (χ3v) is 3.99. The Morgan fingerprint density at radius 3 is 2.10 bits per heavy atom. The van der Waals surface area contributed by atoms with Gasteiger partial charge in [0.05, 0.1) is 19.0 Å². The number of nitrogens with two attached hydrogens (primary N) is 3. The molecule has 0 spiro atoms. The average molecular weight is 445 g/mol. The monoisotopic (exact) mass is 445 g/mol. The summed E-state index contributed by atoms with van der Waals surface area (Å²) in [5.41, 5.74) is 16.0. The molecule has 0 aromatic carbocycles. The van der Waals surface area contributed by atoms with Crippen molar-refractivity contribution < 1.29 is 34.2 Å². The van der Waals surface area contributed by atoms with Gasteiger partial charge in [-0.2, -0.15) is 0 Å². The first-order valence-corrected chi connectivity index (χ1v) is 9.48. The Kier molecular flexibility index (Phi) is 12.2. The van der Waals surface area contributed by atoms with Gasteiger partial charge in [-0.3, -0.25) is 24.2 Å². The predicted molar refractivity (Wildman–Crippen MR) is 109 cm³/mol. The van der Waals surface area contributed by atoms with Crippen molar-refractivity contribution in [2.75, 3.05) is 13.1 Å². The van der Waals surface area contributed by atoms with Gasteiger partial charge in [-0.05, 0) is 18.8 Å². The number of aliphatic carboxylic acids is 2. The van der Waals surface area contributed by atoms with Gasteiger partial charge in [0.1, 0.15) is 12.1 Å². The molecule has 31 heavy (non-hydrogen) atoms. The lowest BCUT2D eigenvalue weighted by Gasteiger charge is -2.22. The lowest BCUT2D eigenvalue weighted by molar-refractivity contribution is -0.144. The van der Waals surface area contributed by atoms with Crippen LogP contribution in [0, 0.1) is 5.92 Å². The lowest BCUT2D eigenvalue weighted by atomic mass is 10.0. The number of nitrogens with one attached hydrogen (secondary N) is 3. The molecule has 0 radical (unpaired) electrons. The molecule has 0 fully saturated rings.